The molecular formula is C22H31N5O3. The van der Waals surface area contributed by atoms with Crippen molar-refractivity contribution in [3.05, 3.63) is 47.4 Å². The van der Waals surface area contributed by atoms with Crippen molar-refractivity contribution in [2.45, 2.75) is 46.6 Å². The number of nitrogens with one attached hydrogen (secondary N) is 2. The SMILES string of the molecule is CCCCN(CCC)c1cc(C(=O)Nc2ccc(CNCC(=O)O)cc2C)ncn1. The summed E-state index contributed by atoms with van der Waals surface area (Å²) in [6.45, 7) is 8.31. The molecule has 2 aromatic rings. The number of benzene rings is 1. The van der Waals surface area contributed by atoms with Gasteiger partial charge in [0, 0.05) is 31.4 Å². The molecule has 0 saturated carbocycles. The molecule has 0 unspecified atom stereocenters. The molecule has 1 heterocycles. The highest BCUT2D eigenvalue weighted by Gasteiger charge is 2.14. The monoisotopic (exact) mass is 413 g/mol. The first-order chi connectivity index (χ1) is 14.4. The van der Waals surface area contributed by atoms with Crippen LogP contribution < -0.4 is 15.5 Å². The molecule has 0 aliphatic carbocycles. The van der Waals surface area contributed by atoms with Crippen LogP contribution in [0, 0.1) is 6.92 Å². The Morgan fingerprint density at radius 2 is 1.90 bits per heavy atom. The maximum Gasteiger partial charge on any atom is 0.317 e. The summed E-state index contributed by atoms with van der Waals surface area (Å²) in [5.74, 6) is -0.417. The number of unbranched alkanes of at least 4 members (excludes halogenated alkanes) is 1. The molecule has 8 heteroatoms. The van der Waals surface area contributed by atoms with Crippen LogP contribution in [0.1, 0.15) is 54.7 Å². The molecule has 1 aromatic heterocycles. The predicted octanol–water partition coefficient (Wildman–Crippen LogP) is 3.23. The van der Waals surface area contributed by atoms with E-state index in [1.165, 1.54) is 6.33 Å². The first-order valence-corrected chi connectivity index (χ1v) is 10.3. The predicted molar refractivity (Wildman–Crippen MR) is 118 cm³/mol. The van der Waals surface area contributed by atoms with Gasteiger partial charge in [0.1, 0.15) is 17.8 Å². The first-order valence-electron chi connectivity index (χ1n) is 10.3. The average molecular weight is 414 g/mol. The van der Waals surface area contributed by atoms with Crippen LogP contribution in [0.5, 0.6) is 0 Å². The van der Waals surface area contributed by atoms with Crippen molar-refractivity contribution in [3.8, 4) is 0 Å². The fourth-order valence-corrected chi connectivity index (χ4v) is 3.08. The van der Waals surface area contributed by atoms with E-state index in [9.17, 15) is 9.59 Å². The molecule has 0 atom stereocenters. The summed E-state index contributed by atoms with van der Waals surface area (Å²) >= 11 is 0. The van der Waals surface area contributed by atoms with Gasteiger partial charge < -0.3 is 20.6 Å². The van der Waals surface area contributed by atoms with Crippen molar-refractivity contribution in [2.24, 2.45) is 0 Å². The Morgan fingerprint density at radius 1 is 1.10 bits per heavy atom. The largest absolute Gasteiger partial charge is 0.480 e. The smallest absolute Gasteiger partial charge is 0.317 e. The van der Waals surface area contributed by atoms with E-state index in [2.05, 4.69) is 39.3 Å². The van der Waals surface area contributed by atoms with Crippen LogP contribution in [0.25, 0.3) is 0 Å². The number of carboxylic acids is 1. The van der Waals surface area contributed by atoms with Crippen LogP contribution in [0.2, 0.25) is 0 Å². The highest BCUT2D eigenvalue weighted by atomic mass is 16.4. The summed E-state index contributed by atoms with van der Waals surface area (Å²) in [5.41, 5.74) is 2.85. The van der Waals surface area contributed by atoms with E-state index in [4.69, 9.17) is 5.11 Å². The highest BCUT2D eigenvalue weighted by molar-refractivity contribution is 6.03. The summed E-state index contributed by atoms with van der Waals surface area (Å²) in [6.07, 6.45) is 4.60. The number of carboxylic acid groups (broad SMARTS) is 1. The lowest BCUT2D eigenvalue weighted by Crippen LogP contribution is -2.27. The van der Waals surface area contributed by atoms with Gasteiger partial charge in [-0.15, -0.1) is 0 Å². The van der Waals surface area contributed by atoms with E-state index in [1.54, 1.807) is 6.07 Å². The molecule has 30 heavy (non-hydrogen) atoms. The Bertz CT molecular complexity index is 856. The van der Waals surface area contributed by atoms with Gasteiger partial charge in [0.15, 0.2) is 0 Å². The average Bonchev–Trinajstić information content (AvgIpc) is 2.72. The normalized spacial score (nSPS) is 10.6. The lowest BCUT2D eigenvalue weighted by Gasteiger charge is -2.23. The maximum absolute atomic E-state index is 12.7. The fraction of sp³-hybridized carbons (Fsp3) is 0.455. The number of aryl methyl sites for hydroxylation is 1. The third-order valence-electron chi connectivity index (χ3n) is 4.63. The summed E-state index contributed by atoms with van der Waals surface area (Å²) in [4.78, 5) is 34.0. The van der Waals surface area contributed by atoms with Gasteiger partial charge in [-0.05, 0) is 37.0 Å². The van der Waals surface area contributed by atoms with Gasteiger partial charge in [-0.1, -0.05) is 32.4 Å². The molecule has 1 amide bonds. The van der Waals surface area contributed by atoms with Crippen LogP contribution in [0.15, 0.2) is 30.6 Å². The van der Waals surface area contributed by atoms with Crippen molar-refractivity contribution < 1.29 is 14.7 Å². The van der Waals surface area contributed by atoms with E-state index in [0.29, 0.717) is 17.9 Å². The minimum Gasteiger partial charge on any atom is -0.480 e. The number of rotatable bonds is 12. The number of aliphatic carboxylic acids is 1. The number of hydrogen-bond donors (Lipinski definition) is 3. The minimum atomic E-state index is -0.896. The molecule has 0 bridgehead atoms. The standard InChI is InChI=1S/C22H31N5O3/c1-4-6-10-27(9-5-2)20-12-19(24-15-25-20)22(30)26-18-8-7-17(11-16(18)3)13-23-14-21(28)29/h7-8,11-12,15,23H,4-6,9-10,13-14H2,1-3H3,(H,26,30)(H,28,29). The van der Waals surface area contributed by atoms with E-state index >= 15 is 0 Å². The second kappa shape index (κ2) is 11.9. The number of aromatic nitrogens is 2. The molecule has 0 spiro atoms. The van der Waals surface area contributed by atoms with Gasteiger partial charge >= 0.3 is 5.97 Å². The maximum atomic E-state index is 12.7. The van der Waals surface area contributed by atoms with Crippen molar-refractivity contribution in [1.82, 2.24) is 15.3 Å². The van der Waals surface area contributed by atoms with Crippen LogP contribution in [0.3, 0.4) is 0 Å². The van der Waals surface area contributed by atoms with Gasteiger partial charge in [0.25, 0.3) is 5.91 Å². The third kappa shape index (κ3) is 7.11. The third-order valence-corrected chi connectivity index (χ3v) is 4.63. The molecule has 0 fully saturated rings. The van der Waals surface area contributed by atoms with Crippen LogP contribution >= 0.6 is 0 Å². The zero-order valence-electron chi connectivity index (χ0n) is 17.9. The van der Waals surface area contributed by atoms with Gasteiger partial charge in [-0.25, -0.2) is 9.97 Å². The second-order valence-electron chi connectivity index (χ2n) is 7.20. The number of carbonyl (C=O) groups excluding carboxylic acids is 1. The lowest BCUT2D eigenvalue weighted by atomic mass is 10.1. The fourth-order valence-electron chi connectivity index (χ4n) is 3.08. The van der Waals surface area contributed by atoms with Crippen molar-refractivity contribution >= 4 is 23.4 Å². The molecule has 8 nitrogen and oxygen atoms in total. The summed E-state index contributed by atoms with van der Waals surface area (Å²) in [5, 5.41) is 14.5. The van der Waals surface area contributed by atoms with E-state index in [-0.39, 0.29) is 12.5 Å². The van der Waals surface area contributed by atoms with Crippen molar-refractivity contribution in [1.29, 1.82) is 0 Å². The van der Waals surface area contributed by atoms with Gasteiger partial charge in [-0.2, -0.15) is 0 Å². The Balaban J connectivity index is 2.07. The summed E-state index contributed by atoms with van der Waals surface area (Å²) in [7, 11) is 0. The second-order valence-corrected chi connectivity index (χ2v) is 7.20. The highest BCUT2D eigenvalue weighted by Crippen LogP contribution is 2.19. The molecular weight excluding hydrogens is 382 g/mol. The van der Waals surface area contributed by atoms with Crippen LogP contribution in [-0.4, -0.2) is 46.6 Å². The molecule has 3 N–H and O–H groups in total. The quantitative estimate of drug-likeness (QED) is 0.490. The molecule has 2 rings (SSSR count). The molecule has 162 valence electrons. The van der Waals surface area contributed by atoms with E-state index in [1.807, 2.05) is 25.1 Å². The van der Waals surface area contributed by atoms with Crippen molar-refractivity contribution in [3.63, 3.8) is 0 Å². The van der Waals surface area contributed by atoms with Crippen LogP contribution in [0.4, 0.5) is 11.5 Å². The zero-order chi connectivity index (χ0) is 21.9. The number of amides is 1. The summed E-state index contributed by atoms with van der Waals surface area (Å²) < 4.78 is 0. The van der Waals surface area contributed by atoms with Gasteiger partial charge in [-0.3, -0.25) is 9.59 Å². The van der Waals surface area contributed by atoms with Crippen molar-refractivity contribution in [2.75, 3.05) is 29.9 Å². The topological polar surface area (TPSA) is 107 Å². The first kappa shape index (κ1) is 23.3. The number of nitrogens with zero attached hydrogens (tertiary/aromatic N) is 3. The summed E-state index contributed by atoms with van der Waals surface area (Å²) in [6, 6.07) is 7.33. The molecule has 0 radical (unpaired) electrons. The van der Waals surface area contributed by atoms with Crippen LogP contribution in [-0.2, 0) is 11.3 Å². The zero-order valence-corrected chi connectivity index (χ0v) is 17.9. The Labute approximate surface area is 177 Å². The van der Waals surface area contributed by atoms with Gasteiger partial charge in [0.05, 0.1) is 6.54 Å². The molecule has 0 aliphatic rings. The van der Waals surface area contributed by atoms with Gasteiger partial charge in [0.2, 0.25) is 0 Å². The van der Waals surface area contributed by atoms with E-state index < -0.39 is 5.97 Å². The molecule has 0 saturated heterocycles. The molecule has 0 aliphatic heterocycles. The van der Waals surface area contributed by atoms with E-state index in [0.717, 1.165) is 49.3 Å². The molecule has 1 aromatic carbocycles. The minimum absolute atomic E-state index is 0.0963. The number of carbonyl (C=O) groups is 2. The Hall–Kier alpha value is -3.00. The lowest BCUT2D eigenvalue weighted by molar-refractivity contribution is -0.136. The Kier molecular flexibility index (Phi) is 9.21. The number of hydrogen-bond acceptors (Lipinski definition) is 6. The Morgan fingerprint density at radius 3 is 2.57 bits per heavy atom. The number of anilines is 2.